The number of aromatic nitrogens is 1. The molecule has 39 heavy (non-hydrogen) atoms. The molecule has 5 heteroatoms. The predicted molar refractivity (Wildman–Crippen MR) is 169 cm³/mol. The number of amides is 1. The SMILES string of the molecule is CCC(c1ccc2ncccc2c1)N1CCC(Cc2ccc(C(=O)N[C@H](CC)c3ccc(I)cc3)cc2)CC1. The lowest BCUT2D eigenvalue weighted by Gasteiger charge is -2.37. The third-order valence-corrected chi connectivity index (χ3v) is 8.93. The number of rotatable bonds is 9. The van der Waals surface area contributed by atoms with Gasteiger partial charge in [-0.1, -0.05) is 50.2 Å². The Balaban J connectivity index is 1.14. The van der Waals surface area contributed by atoms with Crippen LogP contribution < -0.4 is 5.32 Å². The van der Waals surface area contributed by atoms with E-state index in [0.29, 0.717) is 12.0 Å². The summed E-state index contributed by atoms with van der Waals surface area (Å²) in [4.78, 5) is 20.1. The lowest BCUT2D eigenvalue weighted by atomic mass is 9.88. The van der Waals surface area contributed by atoms with Gasteiger partial charge in [-0.15, -0.1) is 0 Å². The number of benzene rings is 3. The number of hydrogen-bond acceptors (Lipinski definition) is 3. The summed E-state index contributed by atoms with van der Waals surface area (Å²) < 4.78 is 1.20. The lowest BCUT2D eigenvalue weighted by Crippen LogP contribution is -2.37. The normalized spacial score (nSPS) is 16.2. The van der Waals surface area contributed by atoms with Crippen molar-refractivity contribution >= 4 is 39.4 Å². The molecule has 1 fully saturated rings. The Morgan fingerprint density at radius 1 is 0.949 bits per heavy atom. The van der Waals surface area contributed by atoms with Gasteiger partial charge >= 0.3 is 0 Å². The predicted octanol–water partition coefficient (Wildman–Crippen LogP) is 8.13. The van der Waals surface area contributed by atoms with E-state index in [9.17, 15) is 4.79 Å². The van der Waals surface area contributed by atoms with Crippen molar-refractivity contribution in [1.82, 2.24) is 15.2 Å². The van der Waals surface area contributed by atoms with Gasteiger partial charge in [-0.05, 0) is 133 Å². The highest BCUT2D eigenvalue weighted by Gasteiger charge is 2.25. The molecule has 0 saturated carbocycles. The summed E-state index contributed by atoms with van der Waals surface area (Å²) in [6, 6.07) is 28.1. The third-order valence-electron chi connectivity index (χ3n) is 8.21. The Morgan fingerprint density at radius 2 is 1.67 bits per heavy atom. The molecule has 1 amide bonds. The maximum atomic E-state index is 13.0. The van der Waals surface area contributed by atoms with Gasteiger partial charge in [0.25, 0.3) is 5.91 Å². The van der Waals surface area contributed by atoms with Gasteiger partial charge in [0, 0.05) is 26.8 Å². The quantitative estimate of drug-likeness (QED) is 0.190. The summed E-state index contributed by atoms with van der Waals surface area (Å²) in [6.07, 6.45) is 7.33. The molecule has 4 aromatic rings. The highest BCUT2D eigenvalue weighted by Crippen LogP contribution is 2.32. The van der Waals surface area contributed by atoms with Gasteiger partial charge < -0.3 is 5.32 Å². The van der Waals surface area contributed by atoms with Crippen LogP contribution in [-0.4, -0.2) is 28.9 Å². The molecule has 1 saturated heterocycles. The first-order chi connectivity index (χ1) is 19.0. The number of nitrogens with one attached hydrogen (secondary N) is 1. The number of carbonyl (C=O) groups excluding carboxylic acids is 1. The molecule has 4 nitrogen and oxygen atoms in total. The smallest absolute Gasteiger partial charge is 0.251 e. The van der Waals surface area contributed by atoms with Crippen LogP contribution in [0, 0.1) is 9.49 Å². The Kier molecular flexibility index (Phi) is 9.30. The van der Waals surface area contributed by atoms with Crippen LogP contribution in [0.25, 0.3) is 10.9 Å². The van der Waals surface area contributed by atoms with Gasteiger partial charge in [-0.3, -0.25) is 14.7 Å². The molecule has 1 aliphatic rings. The van der Waals surface area contributed by atoms with Crippen molar-refractivity contribution in [1.29, 1.82) is 0 Å². The van der Waals surface area contributed by atoms with Crippen molar-refractivity contribution in [2.24, 2.45) is 5.92 Å². The van der Waals surface area contributed by atoms with Crippen LogP contribution in [0.2, 0.25) is 0 Å². The van der Waals surface area contributed by atoms with Crippen molar-refractivity contribution < 1.29 is 4.79 Å². The second kappa shape index (κ2) is 13.1. The largest absolute Gasteiger partial charge is 0.345 e. The zero-order valence-corrected chi connectivity index (χ0v) is 25.1. The highest BCUT2D eigenvalue weighted by molar-refractivity contribution is 14.1. The molecule has 0 radical (unpaired) electrons. The second-order valence-electron chi connectivity index (χ2n) is 10.7. The number of nitrogens with zero attached hydrogens (tertiary/aromatic N) is 2. The van der Waals surface area contributed by atoms with Gasteiger partial charge in [0.2, 0.25) is 0 Å². The number of carbonyl (C=O) groups is 1. The molecule has 1 aromatic heterocycles. The molecule has 0 bridgehead atoms. The lowest BCUT2D eigenvalue weighted by molar-refractivity contribution is 0.0935. The minimum Gasteiger partial charge on any atom is -0.345 e. The average Bonchev–Trinajstić information content (AvgIpc) is 2.98. The summed E-state index contributed by atoms with van der Waals surface area (Å²) in [6.45, 7) is 6.67. The molecule has 0 aliphatic carbocycles. The number of piperidine rings is 1. The van der Waals surface area contributed by atoms with Crippen LogP contribution in [0.3, 0.4) is 0 Å². The summed E-state index contributed by atoms with van der Waals surface area (Å²) in [5, 5.41) is 4.44. The van der Waals surface area contributed by atoms with Crippen LogP contribution in [0.1, 0.15) is 78.7 Å². The summed E-state index contributed by atoms with van der Waals surface area (Å²) in [7, 11) is 0. The molecule has 2 atom stereocenters. The van der Waals surface area contributed by atoms with E-state index in [1.165, 1.54) is 32.9 Å². The van der Waals surface area contributed by atoms with Gasteiger partial charge in [-0.2, -0.15) is 0 Å². The summed E-state index contributed by atoms with van der Waals surface area (Å²) >= 11 is 2.31. The Hall–Kier alpha value is -2.77. The Labute approximate surface area is 246 Å². The summed E-state index contributed by atoms with van der Waals surface area (Å²) in [5.41, 5.74) is 5.67. The van der Waals surface area contributed by atoms with Crippen LogP contribution >= 0.6 is 22.6 Å². The number of fused-ring (bicyclic) bond motifs is 1. The van der Waals surface area contributed by atoms with E-state index in [4.69, 9.17) is 0 Å². The van der Waals surface area contributed by atoms with E-state index in [2.05, 4.69) is 112 Å². The minimum absolute atomic E-state index is 0.00432. The third kappa shape index (κ3) is 6.87. The van der Waals surface area contributed by atoms with Crippen molar-refractivity contribution in [3.63, 3.8) is 0 Å². The van der Waals surface area contributed by atoms with E-state index in [1.807, 2.05) is 24.4 Å². The van der Waals surface area contributed by atoms with Gasteiger partial charge in [-0.25, -0.2) is 0 Å². The average molecular weight is 632 g/mol. The molecule has 0 spiro atoms. The number of likely N-dealkylation sites (tertiary alicyclic amines) is 1. The number of hydrogen-bond donors (Lipinski definition) is 1. The van der Waals surface area contributed by atoms with Gasteiger partial charge in [0.15, 0.2) is 0 Å². The molecular formula is C34H38IN3O. The maximum Gasteiger partial charge on any atom is 0.251 e. The van der Waals surface area contributed by atoms with Gasteiger partial charge in [0.05, 0.1) is 11.6 Å². The molecule has 1 aliphatic heterocycles. The van der Waals surface area contributed by atoms with E-state index < -0.39 is 0 Å². The van der Waals surface area contributed by atoms with Crippen molar-refractivity contribution in [3.05, 3.63) is 111 Å². The fourth-order valence-corrected chi connectivity index (χ4v) is 6.32. The monoisotopic (exact) mass is 631 g/mol. The molecule has 3 aromatic carbocycles. The van der Waals surface area contributed by atoms with Crippen LogP contribution in [0.15, 0.2) is 85.1 Å². The standard InChI is InChI=1S/C34H38IN3O/c1-3-31(26-11-14-30(35)15-12-26)37-34(39)27-9-7-24(8-10-27)22-25-17-20-38(21-18-25)33(4-2)29-13-16-32-28(23-29)6-5-19-36-32/h5-16,19,23,25,31,33H,3-4,17-18,20-22H2,1-2H3,(H,37,39)/t31-,33?/m1/s1. The molecule has 5 rings (SSSR count). The second-order valence-corrected chi connectivity index (χ2v) is 12.0. The summed E-state index contributed by atoms with van der Waals surface area (Å²) in [5.74, 6) is 0.680. The van der Waals surface area contributed by atoms with Gasteiger partial charge in [0.1, 0.15) is 0 Å². The Morgan fingerprint density at radius 3 is 2.36 bits per heavy atom. The first-order valence-electron chi connectivity index (χ1n) is 14.3. The fourth-order valence-electron chi connectivity index (χ4n) is 5.96. The fraction of sp³-hybridized carbons (Fsp3) is 0.353. The van der Waals surface area contributed by atoms with Crippen molar-refractivity contribution in [2.75, 3.05) is 13.1 Å². The minimum atomic E-state index is -0.00432. The molecule has 2 heterocycles. The van der Waals surface area contributed by atoms with E-state index >= 15 is 0 Å². The van der Waals surface area contributed by atoms with E-state index in [1.54, 1.807) is 0 Å². The Bertz CT molecular complexity index is 1380. The van der Waals surface area contributed by atoms with Crippen LogP contribution in [-0.2, 0) is 6.42 Å². The molecular weight excluding hydrogens is 593 g/mol. The first-order valence-corrected chi connectivity index (χ1v) is 15.4. The van der Waals surface area contributed by atoms with Crippen molar-refractivity contribution in [3.8, 4) is 0 Å². The first kappa shape index (κ1) is 27.8. The highest BCUT2D eigenvalue weighted by atomic mass is 127. The van der Waals surface area contributed by atoms with E-state index in [-0.39, 0.29) is 11.9 Å². The van der Waals surface area contributed by atoms with Crippen LogP contribution in [0.5, 0.6) is 0 Å². The molecule has 1 N–H and O–H groups in total. The zero-order chi connectivity index (χ0) is 27.2. The van der Waals surface area contributed by atoms with Crippen molar-refractivity contribution in [2.45, 2.75) is 58.0 Å². The number of pyridine rings is 1. The zero-order valence-electron chi connectivity index (χ0n) is 22.9. The topological polar surface area (TPSA) is 45.2 Å². The maximum absolute atomic E-state index is 13.0. The van der Waals surface area contributed by atoms with E-state index in [0.717, 1.165) is 49.0 Å². The molecule has 202 valence electrons. The van der Waals surface area contributed by atoms with Crippen LogP contribution in [0.4, 0.5) is 0 Å². The number of halogens is 1. The molecule has 1 unspecified atom stereocenters.